The van der Waals surface area contributed by atoms with E-state index in [4.69, 9.17) is 9.47 Å². The van der Waals surface area contributed by atoms with E-state index in [1.165, 1.54) is 0 Å². The lowest BCUT2D eigenvalue weighted by atomic mass is 10.2. The van der Waals surface area contributed by atoms with Crippen LogP contribution in [-0.4, -0.2) is 29.6 Å². The Morgan fingerprint density at radius 3 is 1.73 bits per heavy atom. The maximum Gasteiger partial charge on any atom is 0.410 e. The van der Waals surface area contributed by atoms with Gasteiger partial charge in [-0.1, -0.05) is 27.8 Å². The molecule has 0 aliphatic carbocycles. The normalized spacial score (nSPS) is 11.2. The van der Waals surface area contributed by atoms with Crippen molar-refractivity contribution in [3.63, 3.8) is 0 Å². The average Bonchev–Trinajstić information content (AvgIpc) is 2.42. The van der Waals surface area contributed by atoms with Gasteiger partial charge in [0.15, 0.2) is 6.17 Å². The van der Waals surface area contributed by atoms with E-state index in [2.05, 4.69) is 38.4 Å². The highest BCUT2D eigenvalue weighted by Crippen LogP contribution is 2.10. The first-order valence-corrected chi connectivity index (χ1v) is 8.89. The van der Waals surface area contributed by atoms with Crippen LogP contribution < -0.4 is 10.6 Å². The Bertz CT molecular complexity index is 661. The molecule has 0 aromatic heterocycles. The number of hydrogen-bond donors (Lipinski definition) is 2. The largest absolute Gasteiger partial charge is 0.444 e. The zero-order chi connectivity index (χ0) is 20.0. The predicted molar refractivity (Wildman–Crippen MR) is 104 cm³/mol. The predicted octanol–water partition coefficient (Wildman–Crippen LogP) is 4.18. The van der Waals surface area contributed by atoms with Gasteiger partial charge in [0.05, 0.1) is 0 Å². The Labute approximate surface area is 163 Å². The molecule has 0 aliphatic heterocycles. The molecule has 0 fully saturated rings. The zero-order valence-corrected chi connectivity index (χ0v) is 17.5. The third-order valence-corrected chi connectivity index (χ3v) is 3.06. The fourth-order valence-corrected chi connectivity index (χ4v) is 1.91. The number of nitrogens with one attached hydrogen (secondary N) is 2. The van der Waals surface area contributed by atoms with Gasteiger partial charge in [-0.2, -0.15) is 0 Å². The van der Waals surface area contributed by atoms with Crippen molar-refractivity contribution in [2.24, 2.45) is 0 Å². The summed E-state index contributed by atoms with van der Waals surface area (Å²) in [6.45, 7) is 10.5. The number of benzene rings is 1. The van der Waals surface area contributed by atoms with Gasteiger partial charge in [-0.05, 0) is 65.8 Å². The van der Waals surface area contributed by atoms with Gasteiger partial charge in [-0.25, -0.2) is 9.59 Å². The van der Waals surface area contributed by atoms with Crippen LogP contribution in [0.25, 0.3) is 0 Å². The van der Waals surface area contributed by atoms with Crippen molar-refractivity contribution in [2.45, 2.75) is 58.9 Å². The number of carbonyl (C=O) groups is 2. The van der Waals surface area contributed by atoms with Crippen molar-refractivity contribution in [2.75, 3.05) is 0 Å². The van der Waals surface area contributed by atoms with E-state index in [0.29, 0.717) is 0 Å². The first-order valence-electron chi connectivity index (χ1n) is 8.10. The summed E-state index contributed by atoms with van der Waals surface area (Å²) in [5.41, 5.74) is -0.602. The Kier molecular flexibility index (Phi) is 7.52. The highest BCUT2D eigenvalue weighted by molar-refractivity contribution is 9.10. The molecule has 6 nitrogen and oxygen atoms in total. The fraction of sp³-hybridized carbons (Fsp3) is 0.474. The molecule has 0 saturated heterocycles. The molecule has 2 amide bonds. The third-order valence-electron chi connectivity index (χ3n) is 2.53. The topological polar surface area (TPSA) is 76.7 Å². The molecule has 0 spiro atoms. The summed E-state index contributed by atoms with van der Waals surface area (Å²) in [5, 5.41) is 5.03. The zero-order valence-electron chi connectivity index (χ0n) is 15.9. The number of alkyl carbamates (subject to hydrolysis) is 2. The SMILES string of the molecule is CC(C)(C)OC(=O)NC(C#Cc1ccc(Br)cc1)NC(=O)OC(C)(C)C. The van der Waals surface area contributed by atoms with E-state index in [0.717, 1.165) is 10.0 Å². The smallest absolute Gasteiger partial charge is 0.410 e. The second kappa shape index (κ2) is 8.95. The van der Waals surface area contributed by atoms with Gasteiger partial charge in [-0.3, -0.25) is 10.6 Å². The summed E-state index contributed by atoms with van der Waals surface area (Å²) in [6.07, 6.45) is -2.35. The molecule has 1 aromatic rings. The van der Waals surface area contributed by atoms with E-state index < -0.39 is 29.6 Å². The van der Waals surface area contributed by atoms with Gasteiger partial charge in [0.25, 0.3) is 0 Å². The second-order valence-corrected chi connectivity index (χ2v) is 8.42. The molecule has 0 saturated carbocycles. The summed E-state index contributed by atoms with van der Waals surface area (Å²) in [6, 6.07) is 7.33. The lowest BCUT2D eigenvalue weighted by Crippen LogP contribution is -2.49. The number of amides is 2. The van der Waals surface area contributed by atoms with Crippen LogP contribution in [-0.2, 0) is 9.47 Å². The van der Waals surface area contributed by atoms with Gasteiger partial charge >= 0.3 is 12.2 Å². The van der Waals surface area contributed by atoms with E-state index in [-0.39, 0.29) is 0 Å². The maximum absolute atomic E-state index is 12.0. The monoisotopic (exact) mass is 424 g/mol. The molecule has 0 unspecified atom stereocenters. The van der Waals surface area contributed by atoms with Crippen molar-refractivity contribution in [1.29, 1.82) is 0 Å². The molecular weight excluding hydrogens is 400 g/mol. The van der Waals surface area contributed by atoms with E-state index in [1.54, 1.807) is 41.5 Å². The molecule has 0 radical (unpaired) electrons. The highest BCUT2D eigenvalue weighted by atomic mass is 79.9. The number of rotatable bonds is 2. The average molecular weight is 425 g/mol. The summed E-state index contributed by atoms with van der Waals surface area (Å²) in [4.78, 5) is 24.0. The maximum atomic E-state index is 12.0. The molecule has 7 heteroatoms. The highest BCUT2D eigenvalue weighted by Gasteiger charge is 2.22. The Morgan fingerprint density at radius 1 is 0.923 bits per heavy atom. The Morgan fingerprint density at radius 2 is 1.35 bits per heavy atom. The van der Waals surface area contributed by atoms with Crippen molar-refractivity contribution >= 4 is 28.1 Å². The van der Waals surface area contributed by atoms with Gasteiger partial charge in [0, 0.05) is 10.0 Å². The molecule has 2 N–H and O–H groups in total. The molecule has 1 rings (SSSR count). The van der Waals surface area contributed by atoms with Crippen molar-refractivity contribution < 1.29 is 19.1 Å². The minimum atomic E-state index is -0.969. The third kappa shape index (κ3) is 9.94. The minimum Gasteiger partial charge on any atom is -0.444 e. The van der Waals surface area contributed by atoms with Crippen molar-refractivity contribution in [3.05, 3.63) is 34.3 Å². The molecule has 0 bridgehead atoms. The van der Waals surface area contributed by atoms with Gasteiger partial charge in [-0.15, -0.1) is 0 Å². The summed E-state index contributed by atoms with van der Waals surface area (Å²) < 4.78 is 11.3. The number of halogens is 1. The van der Waals surface area contributed by atoms with E-state index in [1.807, 2.05) is 24.3 Å². The minimum absolute atomic E-state index is 0.667. The van der Waals surface area contributed by atoms with Gasteiger partial charge in [0.2, 0.25) is 0 Å². The lowest BCUT2D eigenvalue weighted by Gasteiger charge is -2.24. The van der Waals surface area contributed by atoms with Gasteiger partial charge in [0.1, 0.15) is 11.2 Å². The summed E-state index contributed by atoms with van der Waals surface area (Å²) in [5.74, 6) is 5.70. The number of hydrogen-bond acceptors (Lipinski definition) is 4. The second-order valence-electron chi connectivity index (χ2n) is 7.50. The van der Waals surface area contributed by atoms with Crippen LogP contribution in [0.3, 0.4) is 0 Å². The Balaban J connectivity index is 2.89. The van der Waals surface area contributed by atoms with Crippen LogP contribution in [0.15, 0.2) is 28.7 Å². The Hall–Kier alpha value is -2.20. The van der Waals surface area contributed by atoms with Gasteiger partial charge < -0.3 is 9.47 Å². The van der Waals surface area contributed by atoms with Crippen LogP contribution in [0, 0.1) is 11.8 Å². The number of ether oxygens (including phenoxy) is 2. The molecule has 142 valence electrons. The van der Waals surface area contributed by atoms with Crippen LogP contribution in [0.2, 0.25) is 0 Å². The standard InChI is InChI=1S/C19H25BrN2O4/c1-18(2,3)25-16(23)21-15(22-17(24)26-19(4,5)6)12-9-13-7-10-14(20)11-8-13/h7-8,10-11,15H,1-6H3,(H,21,23)(H,22,24). The summed E-state index contributed by atoms with van der Waals surface area (Å²) >= 11 is 3.35. The van der Waals surface area contributed by atoms with Crippen molar-refractivity contribution in [1.82, 2.24) is 10.6 Å². The van der Waals surface area contributed by atoms with E-state index >= 15 is 0 Å². The fourth-order valence-electron chi connectivity index (χ4n) is 1.65. The molecular formula is C19H25BrN2O4. The molecule has 1 aromatic carbocycles. The molecule has 0 heterocycles. The van der Waals surface area contributed by atoms with Crippen LogP contribution in [0.5, 0.6) is 0 Å². The van der Waals surface area contributed by atoms with E-state index in [9.17, 15) is 9.59 Å². The lowest BCUT2D eigenvalue weighted by molar-refractivity contribution is 0.0451. The van der Waals surface area contributed by atoms with Crippen molar-refractivity contribution in [3.8, 4) is 11.8 Å². The summed E-state index contributed by atoms with van der Waals surface area (Å²) in [7, 11) is 0. The number of carbonyl (C=O) groups excluding carboxylic acids is 2. The van der Waals surface area contributed by atoms with Crippen LogP contribution in [0.4, 0.5) is 9.59 Å². The first kappa shape index (κ1) is 21.8. The first-order chi connectivity index (χ1) is 11.8. The molecule has 26 heavy (non-hydrogen) atoms. The molecule has 0 atom stereocenters. The quantitative estimate of drug-likeness (QED) is 0.551. The molecule has 0 aliphatic rings. The van der Waals surface area contributed by atoms with Crippen LogP contribution in [0.1, 0.15) is 47.1 Å². The van der Waals surface area contributed by atoms with Crippen LogP contribution >= 0.6 is 15.9 Å².